The van der Waals surface area contributed by atoms with Crippen LogP contribution in [-0.4, -0.2) is 41.9 Å². The summed E-state index contributed by atoms with van der Waals surface area (Å²) in [5, 5.41) is 2.56. The Hall–Kier alpha value is -4.80. The van der Waals surface area contributed by atoms with E-state index >= 15 is 0 Å². The molecule has 3 aromatic carbocycles. The summed E-state index contributed by atoms with van der Waals surface area (Å²) in [5.41, 5.74) is 0.948. The van der Waals surface area contributed by atoms with Crippen molar-refractivity contribution in [1.82, 2.24) is 4.90 Å². The lowest BCUT2D eigenvalue weighted by molar-refractivity contribution is -0.137. The van der Waals surface area contributed by atoms with Crippen LogP contribution < -0.4 is 19.7 Å². The largest absolute Gasteiger partial charge is 0.486 e. The van der Waals surface area contributed by atoms with Crippen molar-refractivity contribution in [1.29, 1.82) is 0 Å². The van der Waals surface area contributed by atoms with Crippen molar-refractivity contribution in [3.63, 3.8) is 0 Å². The first kappa shape index (κ1) is 25.2. The van der Waals surface area contributed by atoms with Gasteiger partial charge >= 0.3 is 6.18 Å². The monoisotopic (exact) mass is 561 g/mol. The Labute approximate surface area is 231 Å². The molecule has 2 saturated heterocycles. The Morgan fingerprint density at radius 2 is 1.63 bits per heavy atom. The SMILES string of the molecule is O=C(Nc1cccc(C(F)(F)F)c1)[C@@H]1[C@@H]2C(=O)N(c3ccc4c(c3)OCCO4)C(=O)[C@H]2[C@@H]2c3ccccc3C=CN12. The van der Waals surface area contributed by atoms with Crippen LogP contribution in [0.3, 0.4) is 0 Å². The molecule has 4 atom stereocenters. The topological polar surface area (TPSA) is 88.2 Å². The highest BCUT2D eigenvalue weighted by molar-refractivity contribution is 6.24. The maximum Gasteiger partial charge on any atom is 0.416 e. The molecule has 8 nitrogen and oxygen atoms in total. The summed E-state index contributed by atoms with van der Waals surface area (Å²) in [5.74, 6) is -2.81. The summed E-state index contributed by atoms with van der Waals surface area (Å²) in [6.07, 6.45) is -1.12. The lowest BCUT2D eigenvalue weighted by atomic mass is 9.84. The molecule has 41 heavy (non-hydrogen) atoms. The number of imide groups is 1. The molecule has 0 saturated carbocycles. The third-order valence-corrected chi connectivity index (χ3v) is 7.97. The fraction of sp³-hybridized carbons (Fsp3) is 0.233. The van der Waals surface area contributed by atoms with Gasteiger partial charge in [0.1, 0.15) is 19.3 Å². The van der Waals surface area contributed by atoms with Crippen LogP contribution in [0.25, 0.3) is 6.08 Å². The predicted octanol–water partition coefficient (Wildman–Crippen LogP) is 4.63. The zero-order chi connectivity index (χ0) is 28.5. The van der Waals surface area contributed by atoms with Crippen molar-refractivity contribution >= 4 is 35.2 Å². The average Bonchev–Trinajstić information content (AvgIpc) is 3.44. The first-order valence-electron chi connectivity index (χ1n) is 13.0. The molecule has 0 radical (unpaired) electrons. The number of halogens is 3. The van der Waals surface area contributed by atoms with Crippen molar-refractivity contribution in [2.45, 2.75) is 18.3 Å². The third-order valence-electron chi connectivity index (χ3n) is 7.97. The highest BCUT2D eigenvalue weighted by Crippen LogP contribution is 2.53. The molecule has 4 aliphatic rings. The van der Waals surface area contributed by atoms with E-state index in [9.17, 15) is 27.6 Å². The molecule has 2 fully saturated rings. The van der Waals surface area contributed by atoms with Crippen LogP contribution in [0.2, 0.25) is 0 Å². The Morgan fingerprint density at radius 1 is 0.878 bits per heavy atom. The summed E-state index contributed by atoms with van der Waals surface area (Å²) in [6, 6.07) is 14.7. The van der Waals surface area contributed by atoms with E-state index in [-0.39, 0.29) is 5.69 Å². The summed E-state index contributed by atoms with van der Waals surface area (Å²) in [6.45, 7) is 0.701. The summed E-state index contributed by atoms with van der Waals surface area (Å²) in [7, 11) is 0. The number of amides is 3. The Balaban J connectivity index is 1.28. The van der Waals surface area contributed by atoms with Gasteiger partial charge < -0.3 is 19.7 Å². The molecule has 7 rings (SSSR count). The second-order valence-electron chi connectivity index (χ2n) is 10.2. The molecule has 3 amide bonds. The summed E-state index contributed by atoms with van der Waals surface area (Å²) < 4.78 is 51.1. The van der Waals surface area contributed by atoms with Crippen molar-refractivity contribution in [2.24, 2.45) is 11.8 Å². The predicted molar refractivity (Wildman–Crippen MR) is 141 cm³/mol. The van der Waals surface area contributed by atoms with Gasteiger partial charge in [0, 0.05) is 18.0 Å². The van der Waals surface area contributed by atoms with E-state index < -0.39 is 53.4 Å². The first-order chi connectivity index (χ1) is 19.7. The molecule has 0 unspecified atom stereocenters. The maximum absolute atomic E-state index is 14.0. The number of hydrogen-bond donors (Lipinski definition) is 1. The number of carbonyl (C=O) groups is 3. The minimum absolute atomic E-state index is 0.0633. The summed E-state index contributed by atoms with van der Waals surface area (Å²) in [4.78, 5) is 44.6. The number of ether oxygens (including phenoxy) is 2. The van der Waals surface area contributed by atoms with Gasteiger partial charge in [-0.2, -0.15) is 13.2 Å². The number of nitrogens with one attached hydrogen (secondary N) is 1. The van der Waals surface area contributed by atoms with Crippen molar-refractivity contribution < 1.29 is 37.0 Å². The van der Waals surface area contributed by atoms with E-state index in [1.807, 2.05) is 24.3 Å². The molecular formula is C30H22F3N3O5. The van der Waals surface area contributed by atoms with E-state index in [1.165, 1.54) is 12.1 Å². The number of fused-ring (bicyclic) bond motifs is 6. The fourth-order valence-electron chi connectivity index (χ4n) is 6.27. The lowest BCUT2D eigenvalue weighted by Crippen LogP contribution is -2.46. The van der Waals surface area contributed by atoms with Crippen LogP contribution in [0.1, 0.15) is 22.7 Å². The van der Waals surface area contributed by atoms with Gasteiger partial charge in [-0.15, -0.1) is 0 Å². The molecule has 0 aliphatic carbocycles. The first-order valence-corrected chi connectivity index (χ1v) is 13.0. The van der Waals surface area contributed by atoms with Gasteiger partial charge in [0.2, 0.25) is 17.7 Å². The minimum atomic E-state index is -4.60. The Kier molecular flexibility index (Phi) is 5.60. The van der Waals surface area contributed by atoms with E-state index in [0.717, 1.165) is 28.2 Å². The molecule has 0 spiro atoms. The van der Waals surface area contributed by atoms with Gasteiger partial charge in [0.15, 0.2) is 11.5 Å². The van der Waals surface area contributed by atoms with E-state index in [4.69, 9.17) is 9.47 Å². The molecule has 11 heteroatoms. The highest BCUT2D eigenvalue weighted by atomic mass is 19.4. The van der Waals surface area contributed by atoms with Crippen LogP contribution >= 0.6 is 0 Å². The summed E-state index contributed by atoms with van der Waals surface area (Å²) >= 11 is 0. The molecular weight excluding hydrogens is 539 g/mol. The number of anilines is 2. The van der Waals surface area contributed by atoms with E-state index in [0.29, 0.717) is 30.4 Å². The normalized spacial score (nSPS) is 24.2. The van der Waals surface area contributed by atoms with Gasteiger partial charge in [0.05, 0.1) is 29.1 Å². The van der Waals surface area contributed by atoms with Crippen LogP contribution in [0.15, 0.2) is 72.9 Å². The van der Waals surface area contributed by atoms with Gasteiger partial charge in [0.25, 0.3) is 0 Å². The number of carbonyl (C=O) groups excluding carboxylic acids is 3. The average molecular weight is 562 g/mol. The van der Waals surface area contributed by atoms with E-state index in [1.54, 1.807) is 35.4 Å². The van der Waals surface area contributed by atoms with Crippen molar-refractivity contribution in [3.05, 3.63) is 89.6 Å². The van der Waals surface area contributed by atoms with Crippen molar-refractivity contribution in [2.75, 3.05) is 23.4 Å². The fourth-order valence-corrected chi connectivity index (χ4v) is 6.27. The smallest absolute Gasteiger partial charge is 0.416 e. The van der Waals surface area contributed by atoms with Crippen molar-refractivity contribution in [3.8, 4) is 11.5 Å². The van der Waals surface area contributed by atoms with Gasteiger partial charge in [-0.25, -0.2) is 4.90 Å². The third kappa shape index (κ3) is 3.94. The van der Waals surface area contributed by atoms with E-state index in [2.05, 4.69) is 5.32 Å². The maximum atomic E-state index is 14.0. The number of hydrogen-bond acceptors (Lipinski definition) is 6. The molecule has 208 valence electrons. The van der Waals surface area contributed by atoms with Crippen LogP contribution in [0.4, 0.5) is 24.5 Å². The number of alkyl halides is 3. The quantitative estimate of drug-likeness (QED) is 0.470. The highest BCUT2D eigenvalue weighted by Gasteiger charge is 2.64. The van der Waals surface area contributed by atoms with Gasteiger partial charge in [-0.05, 0) is 47.5 Å². The minimum Gasteiger partial charge on any atom is -0.486 e. The van der Waals surface area contributed by atoms with Gasteiger partial charge in [-0.3, -0.25) is 14.4 Å². The number of benzene rings is 3. The van der Waals surface area contributed by atoms with Crippen LogP contribution in [0.5, 0.6) is 11.5 Å². The van der Waals surface area contributed by atoms with Crippen LogP contribution in [-0.2, 0) is 20.6 Å². The lowest BCUT2D eigenvalue weighted by Gasteiger charge is -2.35. The molecule has 4 heterocycles. The Bertz CT molecular complexity index is 1640. The Morgan fingerprint density at radius 3 is 2.44 bits per heavy atom. The molecule has 0 bridgehead atoms. The molecule has 1 N–H and O–H groups in total. The van der Waals surface area contributed by atoms with Gasteiger partial charge in [-0.1, -0.05) is 30.3 Å². The second-order valence-corrected chi connectivity index (χ2v) is 10.2. The second kappa shape index (κ2) is 9.12. The zero-order valence-electron chi connectivity index (χ0n) is 21.3. The molecule has 4 aliphatic heterocycles. The number of rotatable bonds is 3. The molecule has 3 aromatic rings. The molecule has 0 aromatic heterocycles. The van der Waals surface area contributed by atoms with Crippen LogP contribution in [0, 0.1) is 11.8 Å². The standard InChI is InChI=1S/C30H22F3N3O5/c31-30(32,33)17-5-3-6-18(14-17)34-27(37)26-24-23(25-20-7-2-1-4-16(20)10-11-35(25)26)28(38)36(29(24)39)19-8-9-21-22(15-19)41-13-12-40-21/h1-11,14-15,23-26H,12-13H2,(H,34,37)/t23-,24-,25+,26+/m1/s1. The number of nitrogens with zero attached hydrogens (tertiary/aromatic N) is 2. The zero-order valence-corrected chi connectivity index (χ0v) is 21.3.